The van der Waals surface area contributed by atoms with Crippen LogP contribution in [0, 0.1) is 5.92 Å². The number of hydrogen-bond donors (Lipinski definition) is 4. The smallest absolute Gasteiger partial charge is 0.225 e. The summed E-state index contributed by atoms with van der Waals surface area (Å²) in [5.41, 5.74) is 15.4. The maximum absolute atomic E-state index is 12.8. The van der Waals surface area contributed by atoms with Crippen molar-refractivity contribution in [2.75, 3.05) is 29.5 Å². The van der Waals surface area contributed by atoms with Gasteiger partial charge in [0.25, 0.3) is 0 Å². The largest absolute Gasteiger partial charge is 0.382 e. The summed E-state index contributed by atoms with van der Waals surface area (Å²) in [7, 11) is 0. The second-order valence-corrected chi connectivity index (χ2v) is 8.20. The fourth-order valence-corrected chi connectivity index (χ4v) is 4.20. The maximum atomic E-state index is 12.8. The highest BCUT2D eigenvalue weighted by molar-refractivity contribution is 5.91. The number of hydrogen-bond acceptors (Lipinski definition) is 8. The number of nitrogens with zero attached hydrogens (tertiary/aromatic N) is 5. The highest BCUT2D eigenvalue weighted by Gasteiger charge is 2.27. The number of nitrogens with one attached hydrogen (secondary N) is 2. The molecule has 0 bridgehead atoms. The zero-order chi connectivity index (χ0) is 22.8. The number of carbonyl (C=O) groups excluding carboxylic acids is 1. The van der Waals surface area contributed by atoms with Gasteiger partial charge < -0.3 is 21.7 Å². The van der Waals surface area contributed by atoms with E-state index in [-0.39, 0.29) is 17.8 Å². The molecule has 0 spiro atoms. The first-order chi connectivity index (χ1) is 16.1. The first-order valence-electron chi connectivity index (χ1n) is 10.9. The second kappa shape index (κ2) is 8.73. The van der Waals surface area contributed by atoms with Crippen LogP contribution in [0.5, 0.6) is 0 Å². The molecular weight excluding hydrogens is 418 g/mol. The Bertz CT molecular complexity index is 1290. The van der Waals surface area contributed by atoms with Crippen molar-refractivity contribution in [3.05, 3.63) is 54.4 Å². The number of rotatable bonds is 5. The lowest BCUT2D eigenvalue weighted by Gasteiger charge is -2.33. The summed E-state index contributed by atoms with van der Waals surface area (Å²) in [6.07, 6.45) is 5.18. The van der Waals surface area contributed by atoms with Gasteiger partial charge in [0.05, 0.1) is 17.1 Å². The van der Waals surface area contributed by atoms with E-state index in [4.69, 9.17) is 11.5 Å². The molecule has 1 fully saturated rings. The molecule has 3 aromatic heterocycles. The van der Waals surface area contributed by atoms with Crippen molar-refractivity contribution in [1.82, 2.24) is 30.5 Å². The number of nitrogen functional groups attached to an aromatic ring is 2. The van der Waals surface area contributed by atoms with Gasteiger partial charge >= 0.3 is 0 Å². The van der Waals surface area contributed by atoms with Crippen molar-refractivity contribution in [2.45, 2.75) is 19.4 Å². The molecule has 1 saturated heterocycles. The third-order valence-electron chi connectivity index (χ3n) is 5.95. The minimum atomic E-state index is -0.121. The van der Waals surface area contributed by atoms with Crippen LogP contribution < -0.4 is 21.7 Å². The summed E-state index contributed by atoms with van der Waals surface area (Å²) < 4.78 is 0. The molecule has 4 aromatic rings. The molecule has 33 heavy (non-hydrogen) atoms. The quantitative estimate of drug-likeness (QED) is 0.366. The lowest BCUT2D eigenvalue weighted by molar-refractivity contribution is -0.125. The molecule has 10 heteroatoms. The van der Waals surface area contributed by atoms with Gasteiger partial charge in [0.1, 0.15) is 5.82 Å². The van der Waals surface area contributed by atoms with E-state index in [9.17, 15) is 4.79 Å². The van der Waals surface area contributed by atoms with Gasteiger partial charge in [-0.1, -0.05) is 6.07 Å². The van der Waals surface area contributed by atoms with Crippen LogP contribution in [0.25, 0.3) is 22.2 Å². The highest BCUT2D eigenvalue weighted by atomic mass is 16.1. The Morgan fingerprint density at radius 2 is 2.00 bits per heavy atom. The van der Waals surface area contributed by atoms with Crippen LogP contribution in [0.1, 0.15) is 18.4 Å². The summed E-state index contributed by atoms with van der Waals surface area (Å²) in [4.78, 5) is 27.8. The van der Waals surface area contributed by atoms with Crippen molar-refractivity contribution in [3.8, 4) is 11.3 Å². The molecule has 0 radical (unpaired) electrons. The molecule has 168 valence electrons. The molecule has 1 atom stereocenters. The number of piperidine rings is 1. The third-order valence-corrected chi connectivity index (χ3v) is 5.95. The Hall–Kier alpha value is -4.21. The van der Waals surface area contributed by atoms with E-state index in [2.05, 4.69) is 35.4 Å². The molecule has 1 aliphatic rings. The van der Waals surface area contributed by atoms with Crippen LogP contribution in [0.3, 0.4) is 0 Å². The van der Waals surface area contributed by atoms with Crippen LogP contribution in [0.2, 0.25) is 0 Å². The summed E-state index contributed by atoms with van der Waals surface area (Å²) in [6, 6.07) is 11.5. The van der Waals surface area contributed by atoms with E-state index >= 15 is 0 Å². The molecule has 0 saturated carbocycles. The van der Waals surface area contributed by atoms with Gasteiger partial charge in [-0.25, -0.2) is 4.98 Å². The zero-order valence-electron chi connectivity index (χ0n) is 18.0. The molecule has 5 rings (SSSR count). The van der Waals surface area contributed by atoms with Gasteiger partial charge in [0.2, 0.25) is 11.9 Å². The van der Waals surface area contributed by atoms with Crippen molar-refractivity contribution in [3.63, 3.8) is 0 Å². The molecule has 1 amide bonds. The molecule has 1 aliphatic heterocycles. The van der Waals surface area contributed by atoms with Gasteiger partial charge in [0, 0.05) is 49.0 Å². The second-order valence-electron chi connectivity index (χ2n) is 8.20. The van der Waals surface area contributed by atoms with Crippen LogP contribution in [-0.4, -0.2) is 44.1 Å². The molecular formula is C23H25N9O. The Kier molecular flexibility index (Phi) is 5.47. The van der Waals surface area contributed by atoms with Crippen molar-refractivity contribution >= 4 is 34.4 Å². The van der Waals surface area contributed by atoms with E-state index in [0.29, 0.717) is 30.4 Å². The maximum Gasteiger partial charge on any atom is 0.225 e. The summed E-state index contributed by atoms with van der Waals surface area (Å²) in [5, 5.41) is 10.9. The Balaban J connectivity index is 1.33. The average molecular weight is 444 g/mol. The van der Waals surface area contributed by atoms with Gasteiger partial charge in [-0.15, -0.1) is 0 Å². The number of benzene rings is 1. The number of aromatic nitrogens is 5. The number of nitrogens with two attached hydrogens (primary N) is 2. The Labute approximate surface area is 190 Å². The van der Waals surface area contributed by atoms with E-state index in [0.717, 1.165) is 41.4 Å². The molecule has 0 aliphatic carbocycles. The summed E-state index contributed by atoms with van der Waals surface area (Å²) in [6.45, 7) is 1.87. The average Bonchev–Trinajstić information content (AvgIpc) is 3.23. The first-order valence-corrected chi connectivity index (χ1v) is 10.9. The Morgan fingerprint density at radius 1 is 1.15 bits per heavy atom. The number of fused-ring (bicyclic) bond motifs is 1. The molecule has 6 N–H and O–H groups in total. The first kappa shape index (κ1) is 20.7. The number of H-pyrrole nitrogens is 1. The highest BCUT2D eigenvalue weighted by Crippen LogP contribution is 2.29. The van der Waals surface area contributed by atoms with E-state index in [1.54, 1.807) is 12.4 Å². The predicted molar refractivity (Wildman–Crippen MR) is 127 cm³/mol. The van der Waals surface area contributed by atoms with Crippen LogP contribution in [0.4, 0.5) is 17.6 Å². The summed E-state index contributed by atoms with van der Waals surface area (Å²) >= 11 is 0. The fraction of sp³-hybridized carbons (Fsp3) is 0.261. The van der Waals surface area contributed by atoms with Crippen LogP contribution in [0.15, 0.2) is 48.8 Å². The molecule has 10 nitrogen and oxygen atoms in total. The number of anilines is 3. The minimum absolute atomic E-state index is 0.0426. The SMILES string of the molecule is Nc1nc(-c2ccc3c(N)n[nH]c3c2)cc(N2CCC[C@H](C(=O)NCc3ccncc3)C2)n1. The topological polar surface area (TPSA) is 152 Å². The van der Waals surface area contributed by atoms with E-state index < -0.39 is 0 Å². The van der Waals surface area contributed by atoms with Crippen LogP contribution >= 0.6 is 0 Å². The van der Waals surface area contributed by atoms with Crippen molar-refractivity contribution in [2.24, 2.45) is 5.92 Å². The Morgan fingerprint density at radius 3 is 2.85 bits per heavy atom. The lowest BCUT2D eigenvalue weighted by atomic mass is 9.97. The van der Waals surface area contributed by atoms with Gasteiger partial charge in [-0.3, -0.25) is 14.9 Å². The fourth-order valence-electron chi connectivity index (χ4n) is 4.20. The zero-order valence-corrected chi connectivity index (χ0v) is 18.0. The molecule has 1 aromatic carbocycles. The number of amides is 1. The van der Waals surface area contributed by atoms with E-state index in [1.807, 2.05) is 36.4 Å². The number of pyridine rings is 1. The monoisotopic (exact) mass is 443 g/mol. The van der Waals surface area contributed by atoms with Gasteiger partial charge in [0.15, 0.2) is 5.82 Å². The number of carbonyl (C=O) groups is 1. The molecule has 4 heterocycles. The predicted octanol–water partition coefficient (Wildman–Crippen LogP) is 2.11. The number of aromatic amines is 1. The van der Waals surface area contributed by atoms with Crippen molar-refractivity contribution < 1.29 is 4.79 Å². The van der Waals surface area contributed by atoms with Crippen LogP contribution in [-0.2, 0) is 11.3 Å². The van der Waals surface area contributed by atoms with E-state index in [1.165, 1.54) is 0 Å². The normalized spacial score (nSPS) is 16.1. The standard InChI is InChI=1S/C23H25N9O/c24-21-17-4-3-15(10-19(17)30-31-21)18-11-20(29-23(25)28-18)32-9-1-2-16(13-32)22(33)27-12-14-5-7-26-8-6-14/h3-8,10-11,16H,1-2,9,12-13H2,(H,27,33)(H3,24,30,31)(H2,25,28,29)/t16-/m0/s1. The lowest BCUT2D eigenvalue weighted by Crippen LogP contribution is -2.43. The third kappa shape index (κ3) is 4.40. The molecule has 0 unspecified atom stereocenters. The van der Waals surface area contributed by atoms with Crippen molar-refractivity contribution in [1.29, 1.82) is 0 Å². The summed E-state index contributed by atoms with van der Waals surface area (Å²) in [5.74, 6) is 1.29. The van der Waals surface area contributed by atoms with Gasteiger partial charge in [-0.2, -0.15) is 10.1 Å². The minimum Gasteiger partial charge on any atom is -0.382 e. The van der Waals surface area contributed by atoms with Gasteiger partial charge in [-0.05, 0) is 42.7 Å².